The summed E-state index contributed by atoms with van der Waals surface area (Å²) >= 11 is 0. The summed E-state index contributed by atoms with van der Waals surface area (Å²) in [6.07, 6.45) is 8.35. The van der Waals surface area contributed by atoms with Crippen molar-refractivity contribution in [2.24, 2.45) is 5.92 Å². The van der Waals surface area contributed by atoms with Gasteiger partial charge >= 0.3 is 0 Å². The van der Waals surface area contributed by atoms with Gasteiger partial charge in [0.25, 0.3) is 0 Å². The average molecular weight is 335 g/mol. The van der Waals surface area contributed by atoms with Crippen molar-refractivity contribution >= 4 is 17.7 Å². The molecule has 6 heteroatoms. The Bertz CT molecular complexity index is 488. The summed E-state index contributed by atoms with van der Waals surface area (Å²) in [6.45, 7) is 2.49. The lowest BCUT2D eigenvalue weighted by Gasteiger charge is -2.36. The molecular formula is C18H29N3O3. The summed E-state index contributed by atoms with van der Waals surface area (Å²) in [5.74, 6) is 0.353. The maximum absolute atomic E-state index is 12.4. The van der Waals surface area contributed by atoms with E-state index in [0.717, 1.165) is 32.2 Å². The second kappa shape index (κ2) is 7.99. The van der Waals surface area contributed by atoms with E-state index in [9.17, 15) is 14.4 Å². The van der Waals surface area contributed by atoms with E-state index >= 15 is 0 Å². The van der Waals surface area contributed by atoms with E-state index in [-0.39, 0.29) is 23.6 Å². The summed E-state index contributed by atoms with van der Waals surface area (Å²) in [5.41, 5.74) is 0. The summed E-state index contributed by atoms with van der Waals surface area (Å²) in [7, 11) is 0. The lowest BCUT2D eigenvalue weighted by atomic mass is 9.95. The summed E-state index contributed by atoms with van der Waals surface area (Å²) < 4.78 is 0. The molecule has 2 heterocycles. The van der Waals surface area contributed by atoms with Crippen LogP contribution in [0.3, 0.4) is 0 Å². The van der Waals surface area contributed by atoms with Gasteiger partial charge in [-0.15, -0.1) is 0 Å². The zero-order chi connectivity index (χ0) is 16.9. The fourth-order valence-corrected chi connectivity index (χ4v) is 4.21. The van der Waals surface area contributed by atoms with Crippen LogP contribution in [-0.2, 0) is 14.4 Å². The molecule has 1 saturated carbocycles. The molecule has 3 aliphatic rings. The molecule has 1 N–H and O–H groups in total. The number of hydrogen-bond acceptors (Lipinski definition) is 3. The van der Waals surface area contributed by atoms with E-state index in [4.69, 9.17) is 0 Å². The number of likely N-dealkylation sites (tertiary alicyclic amines) is 2. The molecule has 0 bridgehead atoms. The Labute approximate surface area is 143 Å². The Morgan fingerprint density at radius 1 is 1.00 bits per heavy atom. The predicted octanol–water partition coefficient (Wildman–Crippen LogP) is 1.30. The minimum Gasteiger partial charge on any atom is -0.354 e. The Balaban J connectivity index is 1.44. The van der Waals surface area contributed by atoms with Gasteiger partial charge in [-0.05, 0) is 32.1 Å². The maximum atomic E-state index is 12.4. The number of nitrogens with zero attached hydrogens (tertiary/aromatic N) is 2. The Morgan fingerprint density at radius 3 is 2.54 bits per heavy atom. The van der Waals surface area contributed by atoms with E-state index in [1.165, 1.54) is 12.8 Å². The van der Waals surface area contributed by atoms with Gasteiger partial charge in [-0.2, -0.15) is 0 Å². The third-order valence-corrected chi connectivity index (χ3v) is 5.68. The van der Waals surface area contributed by atoms with Gasteiger partial charge in [-0.1, -0.05) is 12.8 Å². The number of hydrogen-bond donors (Lipinski definition) is 1. The van der Waals surface area contributed by atoms with Gasteiger partial charge in [-0.3, -0.25) is 14.4 Å². The predicted molar refractivity (Wildman–Crippen MR) is 90.1 cm³/mol. The van der Waals surface area contributed by atoms with Crippen LogP contribution in [0, 0.1) is 5.92 Å². The van der Waals surface area contributed by atoms with Crippen LogP contribution in [0.4, 0.5) is 0 Å². The van der Waals surface area contributed by atoms with Crippen LogP contribution in [-0.4, -0.2) is 59.7 Å². The van der Waals surface area contributed by atoms with Crippen LogP contribution in [0.5, 0.6) is 0 Å². The molecule has 2 aliphatic heterocycles. The second-order valence-corrected chi connectivity index (χ2v) is 7.35. The lowest BCUT2D eigenvalue weighted by molar-refractivity contribution is -0.141. The zero-order valence-corrected chi connectivity index (χ0v) is 14.5. The first-order valence-electron chi connectivity index (χ1n) is 9.50. The Kier molecular flexibility index (Phi) is 5.74. The molecule has 3 fully saturated rings. The molecule has 1 aliphatic carbocycles. The van der Waals surface area contributed by atoms with Crippen molar-refractivity contribution in [3.05, 3.63) is 0 Å². The monoisotopic (exact) mass is 335 g/mol. The van der Waals surface area contributed by atoms with Gasteiger partial charge in [0.15, 0.2) is 0 Å². The summed E-state index contributed by atoms with van der Waals surface area (Å²) in [5, 5.41) is 2.98. The van der Waals surface area contributed by atoms with Crippen LogP contribution < -0.4 is 5.32 Å². The van der Waals surface area contributed by atoms with Gasteiger partial charge in [0.05, 0.1) is 5.92 Å². The first-order chi connectivity index (χ1) is 11.6. The number of carbonyl (C=O) groups excluding carboxylic acids is 3. The molecule has 1 atom stereocenters. The topological polar surface area (TPSA) is 69.7 Å². The largest absolute Gasteiger partial charge is 0.354 e. The fourth-order valence-electron chi connectivity index (χ4n) is 4.21. The molecule has 3 amide bonds. The third kappa shape index (κ3) is 4.08. The molecule has 0 aromatic rings. The molecule has 2 saturated heterocycles. The first kappa shape index (κ1) is 17.2. The molecule has 0 aromatic heterocycles. The van der Waals surface area contributed by atoms with Gasteiger partial charge in [-0.25, -0.2) is 0 Å². The van der Waals surface area contributed by atoms with Gasteiger partial charge in [0.2, 0.25) is 17.7 Å². The smallest absolute Gasteiger partial charge is 0.224 e. The normalized spacial score (nSPS) is 26.1. The number of rotatable bonds is 5. The van der Waals surface area contributed by atoms with Crippen LogP contribution in [0.1, 0.15) is 57.8 Å². The second-order valence-electron chi connectivity index (χ2n) is 7.35. The van der Waals surface area contributed by atoms with Crippen LogP contribution in [0.15, 0.2) is 0 Å². The van der Waals surface area contributed by atoms with E-state index in [1.54, 1.807) is 0 Å². The van der Waals surface area contributed by atoms with Crippen LogP contribution in [0.25, 0.3) is 0 Å². The highest BCUT2D eigenvalue weighted by molar-refractivity contribution is 5.84. The molecule has 134 valence electrons. The fraction of sp³-hybridized carbons (Fsp3) is 0.833. The summed E-state index contributed by atoms with van der Waals surface area (Å²) in [4.78, 5) is 40.2. The highest BCUT2D eigenvalue weighted by Crippen LogP contribution is 2.28. The highest BCUT2D eigenvalue weighted by atomic mass is 16.2. The molecule has 6 nitrogen and oxygen atoms in total. The van der Waals surface area contributed by atoms with Gasteiger partial charge in [0, 0.05) is 45.1 Å². The molecular weight excluding hydrogens is 306 g/mol. The Hall–Kier alpha value is -1.59. The van der Waals surface area contributed by atoms with Crippen molar-refractivity contribution in [2.45, 2.75) is 63.8 Å². The van der Waals surface area contributed by atoms with Gasteiger partial charge < -0.3 is 15.1 Å². The average Bonchev–Trinajstić information content (AvgIpc) is 3.11. The van der Waals surface area contributed by atoms with E-state index < -0.39 is 0 Å². The minimum absolute atomic E-state index is 0.0370. The van der Waals surface area contributed by atoms with E-state index in [1.807, 2.05) is 9.80 Å². The number of carbonyl (C=O) groups is 3. The van der Waals surface area contributed by atoms with Crippen molar-refractivity contribution in [1.29, 1.82) is 0 Å². The van der Waals surface area contributed by atoms with Crippen LogP contribution in [0.2, 0.25) is 0 Å². The molecule has 0 spiro atoms. The number of piperidine rings is 2. The quantitative estimate of drug-likeness (QED) is 0.823. The molecule has 0 unspecified atom stereocenters. The van der Waals surface area contributed by atoms with E-state index in [0.29, 0.717) is 44.9 Å². The molecule has 0 aromatic carbocycles. The number of amides is 3. The molecule has 3 rings (SSSR count). The van der Waals surface area contributed by atoms with Crippen molar-refractivity contribution in [3.63, 3.8) is 0 Å². The zero-order valence-electron chi connectivity index (χ0n) is 14.5. The third-order valence-electron chi connectivity index (χ3n) is 5.68. The summed E-state index contributed by atoms with van der Waals surface area (Å²) in [6, 6.07) is 0.346. The lowest BCUT2D eigenvalue weighted by Crippen LogP contribution is -2.50. The standard InChI is InChI=1S/C18H29N3O3/c22-16-7-3-4-11-20(16)12-10-19-18(24)14-8-9-17(23)21(13-14)15-5-1-2-6-15/h14-15H,1-13H2,(H,19,24)/t14-/m0/s1. The number of nitrogens with one attached hydrogen (secondary N) is 1. The maximum Gasteiger partial charge on any atom is 0.224 e. The van der Waals surface area contributed by atoms with Crippen molar-refractivity contribution in [2.75, 3.05) is 26.2 Å². The minimum atomic E-state index is -0.0969. The molecule has 24 heavy (non-hydrogen) atoms. The van der Waals surface area contributed by atoms with Gasteiger partial charge in [0.1, 0.15) is 0 Å². The van der Waals surface area contributed by atoms with Crippen LogP contribution >= 0.6 is 0 Å². The highest BCUT2D eigenvalue weighted by Gasteiger charge is 2.35. The van der Waals surface area contributed by atoms with Crippen molar-refractivity contribution < 1.29 is 14.4 Å². The molecule has 0 radical (unpaired) electrons. The Morgan fingerprint density at radius 2 is 1.79 bits per heavy atom. The first-order valence-corrected chi connectivity index (χ1v) is 9.50. The van der Waals surface area contributed by atoms with Crippen molar-refractivity contribution in [3.8, 4) is 0 Å². The van der Waals surface area contributed by atoms with E-state index in [2.05, 4.69) is 5.32 Å². The SMILES string of the molecule is O=C(NCCN1CCCCC1=O)[C@H]1CCC(=O)N(C2CCCC2)C1. The van der Waals surface area contributed by atoms with Crippen molar-refractivity contribution in [1.82, 2.24) is 15.1 Å².